The third-order valence-corrected chi connectivity index (χ3v) is 3.23. The number of methoxy groups -OCH3 is 3. The van der Waals surface area contributed by atoms with Gasteiger partial charge >= 0.3 is 0 Å². The Morgan fingerprint density at radius 3 is 2.45 bits per heavy atom. The molecule has 0 saturated carbocycles. The molecule has 118 valence electrons. The molecule has 0 atom stereocenters. The molecule has 2 aromatic rings. The van der Waals surface area contributed by atoms with Crippen molar-refractivity contribution in [2.24, 2.45) is 0 Å². The second-order valence-corrected chi connectivity index (χ2v) is 4.52. The summed E-state index contributed by atoms with van der Waals surface area (Å²) in [7, 11) is 6.41. The maximum Gasteiger partial charge on any atom is 0.268 e. The molecule has 0 aliphatic carbocycles. The summed E-state index contributed by atoms with van der Waals surface area (Å²) in [6, 6.07) is 5.30. The molecule has 0 saturated heterocycles. The third kappa shape index (κ3) is 2.89. The van der Waals surface area contributed by atoms with Crippen LogP contribution >= 0.6 is 0 Å². The van der Waals surface area contributed by atoms with Crippen LogP contribution in [0, 0.1) is 0 Å². The van der Waals surface area contributed by atoms with Gasteiger partial charge in [-0.3, -0.25) is 4.79 Å². The molecule has 7 nitrogen and oxygen atoms in total. The van der Waals surface area contributed by atoms with E-state index in [-0.39, 0.29) is 5.56 Å². The highest BCUT2D eigenvalue weighted by molar-refractivity contribution is 5.74. The highest BCUT2D eigenvalue weighted by Gasteiger charge is 2.18. The summed E-state index contributed by atoms with van der Waals surface area (Å²) in [5.74, 6) is 1.53. The molecule has 0 amide bonds. The van der Waals surface area contributed by atoms with Gasteiger partial charge in [0.1, 0.15) is 0 Å². The molecule has 0 bridgehead atoms. The van der Waals surface area contributed by atoms with Crippen molar-refractivity contribution in [3.63, 3.8) is 0 Å². The lowest BCUT2D eigenvalue weighted by Crippen LogP contribution is -2.19. The molecule has 0 unspecified atom stereocenters. The summed E-state index contributed by atoms with van der Waals surface area (Å²) < 4.78 is 16.1. The summed E-state index contributed by atoms with van der Waals surface area (Å²) >= 11 is 0. The Labute approximate surface area is 128 Å². The molecule has 0 radical (unpaired) electrons. The molecule has 0 aliphatic heterocycles. The van der Waals surface area contributed by atoms with E-state index in [1.165, 1.54) is 7.11 Å². The first kappa shape index (κ1) is 15.8. The lowest BCUT2D eigenvalue weighted by Gasteiger charge is -2.15. The molecule has 1 aromatic carbocycles. The maximum absolute atomic E-state index is 11.7. The monoisotopic (exact) mass is 305 g/mol. The van der Waals surface area contributed by atoms with Gasteiger partial charge in [0, 0.05) is 17.7 Å². The predicted molar refractivity (Wildman–Crippen MR) is 82.7 cm³/mol. The van der Waals surface area contributed by atoms with Gasteiger partial charge in [-0.2, -0.15) is 5.10 Å². The maximum atomic E-state index is 11.7. The molecule has 2 N–H and O–H groups in total. The summed E-state index contributed by atoms with van der Waals surface area (Å²) in [5, 5.41) is 9.53. The zero-order valence-electron chi connectivity index (χ0n) is 13.0. The quantitative estimate of drug-likeness (QED) is 0.833. The smallest absolute Gasteiger partial charge is 0.268 e. The van der Waals surface area contributed by atoms with E-state index in [1.54, 1.807) is 33.4 Å². The highest BCUT2D eigenvalue weighted by atomic mass is 16.5. The van der Waals surface area contributed by atoms with Crippen LogP contribution in [-0.2, 0) is 6.54 Å². The molecule has 2 rings (SSSR count). The van der Waals surface area contributed by atoms with Crippen LogP contribution in [0.5, 0.6) is 17.2 Å². The van der Waals surface area contributed by atoms with Gasteiger partial charge in [0.2, 0.25) is 5.75 Å². The molecule has 22 heavy (non-hydrogen) atoms. The topological polar surface area (TPSA) is 85.5 Å². The van der Waals surface area contributed by atoms with E-state index in [0.29, 0.717) is 40.6 Å². The fraction of sp³-hybridized carbons (Fsp3) is 0.333. The van der Waals surface area contributed by atoms with Crippen LogP contribution in [-0.4, -0.2) is 38.6 Å². The van der Waals surface area contributed by atoms with Crippen LogP contribution in [0.15, 0.2) is 23.0 Å². The van der Waals surface area contributed by atoms with E-state index in [9.17, 15) is 4.79 Å². The molecular formula is C15H19N3O4. The molecule has 0 spiro atoms. The molecule has 0 aliphatic rings. The van der Waals surface area contributed by atoms with Gasteiger partial charge in [0.15, 0.2) is 11.5 Å². The summed E-state index contributed by atoms with van der Waals surface area (Å²) in [6.07, 6.45) is 0. The number of nitrogens with zero attached hydrogens (tertiary/aromatic N) is 1. The van der Waals surface area contributed by atoms with Gasteiger partial charge in [-0.25, -0.2) is 5.10 Å². The molecule has 1 heterocycles. The highest BCUT2D eigenvalue weighted by Crippen LogP contribution is 2.43. The average molecular weight is 305 g/mol. The van der Waals surface area contributed by atoms with Crippen molar-refractivity contribution in [2.75, 3.05) is 28.4 Å². The zero-order chi connectivity index (χ0) is 16.1. The second kappa shape index (κ2) is 6.95. The molecule has 1 aromatic heterocycles. The Morgan fingerprint density at radius 2 is 1.86 bits per heavy atom. The van der Waals surface area contributed by atoms with Crippen LogP contribution in [0.3, 0.4) is 0 Å². The van der Waals surface area contributed by atoms with Crippen LogP contribution in [0.25, 0.3) is 11.3 Å². The Balaban J connectivity index is 2.62. The van der Waals surface area contributed by atoms with Crippen LogP contribution in [0.4, 0.5) is 0 Å². The van der Waals surface area contributed by atoms with Crippen molar-refractivity contribution in [1.29, 1.82) is 0 Å². The number of benzene rings is 1. The second-order valence-electron chi connectivity index (χ2n) is 4.52. The Bertz CT molecular complexity index is 712. The van der Waals surface area contributed by atoms with Crippen molar-refractivity contribution in [2.45, 2.75) is 6.54 Å². The Morgan fingerprint density at radius 1 is 1.14 bits per heavy atom. The van der Waals surface area contributed by atoms with Crippen molar-refractivity contribution in [1.82, 2.24) is 15.5 Å². The number of ether oxygens (including phenoxy) is 3. The third-order valence-electron chi connectivity index (χ3n) is 3.23. The van der Waals surface area contributed by atoms with E-state index in [0.717, 1.165) is 0 Å². The van der Waals surface area contributed by atoms with Gasteiger partial charge in [0.25, 0.3) is 5.56 Å². The van der Waals surface area contributed by atoms with E-state index in [4.69, 9.17) is 14.2 Å². The van der Waals surface area contributed by atoms with Crippen molar-refractivity contribution in [3.05, 3.63) is 34.1 Å². The normalized spacial score (nSPS) is 10.4. The fourth-order valence-electron chi connectivity index (χ4n) is 2.21. The van der Waals surface area contributed by atoms with Gasteiger partial charge in [-0.05, 0) is 25.2 Å². The van der Waals surface area contributed by atoms with Gasteiger partial charge in [0.05, 0.1) is 27.0 Å². The van der Waals surface area contributed by atoms with Crippen LogP contribution < -0.4 is 25.1 Å². The lowest BCUT2D eigenvalue weighted by molar-refractivity contribution is 0.325. The summed E-state index contributed by atoms with van der Waals surface area (Å²) in [6.45, 7) is 0.445. The van der Waals surface area contributed by atoms with E-state index in [2.05, 4.69) is 15.5 Å². The lowest BCUT2D eigenvalue weighted by atomic mass is 10.1. The minimum absolute atomic E-state index is 0.224. The number of hydrogen-bond donors (Lipinski definition) is 2. The van der Waals surface area contributed by atoms with Crippen molar-refractivity contribution >= 4 is 0 Å². The van der Waals surface area contributed by atoms with Crippen molar-refractivity contribution < 1.29 is 14.2 Å². The fourth-order valence-corrected chi connectivity index (χ4v) is 2.21. The first-order chi connectivity index (χ1) is 10.7. The van der Waals surface area contributed by atoms with E-state index < -0.39 is 0 Å². The van der Waals surface area contributed by atoms with Gasteiger partial charge in [-0.1, -0.05) is 0 Å². The Kier molecular flexibility index (Phi) is 5.00. The predicted octanol–water partition coefficient (Wildman–Crippen LogP) is 1.18. The number of rotatable bonds is 6. The van der Waals surface area contributed by atoms with Gasteiger partial charge < -0.3 is 19.5 Å². The van der Waals surface area contributed by atoms with E-state index in [1.807, 2.05) is 6.07 Å². The summed E-state index contributed by atoms with van der Waals surface area (Å²) in [5.41, 5.74) is 1.65. The first-order valence-electron chi connectivity index (χ1n) is 6.68. The van der Waals surface area contributed by atoms with Crippen molar-refractivity contribution in [3.8, 4) is 28.5 Å². The molecular weight excluding hydrogens is 286 g/mol. The van der Waals surface area contributed by atoms with E-state index >= 15 is 0 Å². The molecule has 7 heteroatoms. The zero-order valence-corrected chi connectivity index (χ0v) is 13.0. The number of aromatic amines is 1. The number of aromatic nitrogens is 2. The number of nitrogens with one attached hydrogen (secondary N) is 2. The Hall–Kier alpha value is -2.54. The summed E-state index contributed by atoms with van der Waals surface area (Å²) in [4.78, 5) is 11.7. The van der Waals surface area contributed by atoms with Crippen LogP contribution in [0.1, 0.15) is 5.56 Å². The standard InChI is InChI=1S/C15H19N3O4/c1-16-8-9-7-11(17-18-15(9)19)10-5-6-12(20-2)14(22-4)13(10)21-3/h5-7,16H,8H2,1-4H3,(H,18,19). The average Bonchev–Trinajstić information content (AvgIpc) is 2.55. The van der Waals surface area contributed by atoms with Crippen LogP contribution in [0.2, 0.25) is 0 Å². The van der Waals surface area contributed by atoms with Gasteiger partial charge in [-0.15, -0.1) is 0 Å². The SMILES string of the molecule is CNCc1cc(-c2ccc(OC)c(OC)c2OC)n[nH]c1=O. The minimum Gasteiger partial charge on any atom is -0.493 e. The number of H-pyrrole nitrogens is 1. The molecule has 0 fully saturated rings. The minimum atomic E-state index is -0.224. The first-order valence-corrected chi connectivity index (χ1v) is 6.68. The number of hydrogen-bond acceptors (Lipinski definition) is 6. The largest absolute Gasteiger partial charge is 0.493 e.